The van der Waals surface area contributed by atoms with Crippen LogP contribution in [0.4, 0.5) is 0 Å². The normalized spacial score (nSPS) is 19.0. The summed E-state index contributed by atoms with van der Waals surface area (Å²) in [6, 6.07) is 9.14. The van der Waals surface area contributed by atoms with Gasteiger partial charge in [-0.25, -0.2) is 0 Å². The smallest absolute Gasteiger partial charge is 0.480 e. The first-order valence-electron chi connectivity index (χ1n) is 5.74. The molecule has 1 aromatic carbocycles. The van der Waals surface area contributed by atoms with Gasteiger partial charge in [-0.15, -0.1) is 0 Å². The van der Waals surface area contributed by atoms with Crippen molar-refractivity contribution in [2.24, 2.45) is 0 Å². The number of carboxylic acids is 1. The molecule has 0 aliphatic carbocycles. The lowest BCUT2D eigenvalue weighted by Crippen LogP contribution is -2.50. The number of rotatable bonds is 4. The van der Waals surface area contributed by atoms with Crippen molar-refractivity contribution in [3.05, 3.63) is 35.9 Å². The van der Waals surface area contributed by atoms with E-state index in [-0.39, 0.29) is 0 Å². The lowest BCUT2D eigenvalue weighted by atomic mass is 9.52. The maximum Gasteiger partial charge on any atom is 0.480 e. The molecule has 1 unspecified atom stereocenters. The monoisotopic (exact) mass is 234 g/mol. The molecule has 1 heterocycles. The van der Waals surface area contributed by atoms with Crippen LogP contribution in [0.3, 0.4) is 0 Å². The van der Waals surface area contributed by atoms with E-state index in [9.17, 15) is 9.90 Å². The number of hydrogen-bond donors (Lipinski definition) is 1. The molecule has 0 aromatic heterocycles. The van der Waals surface area contributed by atoms with Gasteiger partial charge in [0.05, 0.1) is 13.2 Å². The molecule has 0 radical (unpaired) electrons. The van der Waals surface area contributed by atoms with E-state index < -0.39 is 18.4 Å². The summed E-state index contributed by atoms with van der Waals surface area (Å²) in [6.45, 7) is 2.74. The Balaban J connectivity index is 2.45. The Kier molecular flexibility index (Phi) is 3.50. The maximum atomic E-state index is 11.7. The van der Waals surface area contributed by atoms with Gasteiger partial charge >= 0.3 is 13.1 Å². The summed E-state index contributed by atoms with van der Waals surface area (Å²) in [4.78, 5) is 11.7. The molecule has 1 fully saturated rings. The third kappa shape index (κ3) is 1.96. The van der Waals surface area contributed by atoms with Gasteiger partial charge in [-0.2, -0.15) is 0 Å². The molecule has 0 amide bonds. The molecule has 4 nitrogen and oxygen atoms in total. The molecule has 90 valence electrons. The second-order valence-electron chi connectivity index (χ2n) is 4.07. The highest BCUT2D eigenvalue weighted by Gasteiger charge is 2.54. The van der Waals surface area contributed by atoms with Gasteiger partial charge in [0.2, 0.25) is 0 Å². The molecule has 1 aliphatic heterocycles. The minimum absolute atomic E-state index is 0.428. The molecule has 1 N–H and O–H groups in total. The van der Waals surface area contributed by atoms with Crippen molar-refractivity contribution in [2.45, 2.75) is 18.7 Å². The largest absolute Gasteiger partial charge is 0.481 e. The average molecular weight is 234 g/mol. The van der Waals surface area contributed by atoms with Crippen LogP contribution < -0.4 is 0 Å². The van der Waals surface area contributed by atoms with E-state index in [1.54, 1.807) is 0 Å². The van der Waals surface area contributed by atoms with Crippen molar-refractivity contribution in [3.8, 4) is 0 Å². The average Bonchev–Trinajstić information content (AvgIpc) is 2.86. The minimum atomic E-state index is -1.11. The second-order valence-corrected chi connectivity index (χ2v) is 4.07. The van der Waals surface area contributed by atoms with Gasteiger partial charge in [-0.05, 0) is 12.0 Å². The Morgan fingerprint density at radius 1 is 1.35 bits per heavy atom. The van der Waals surface area contributed by atoms with Crippen LogP contribution in [0.5, 0.6) is 0 Å². The van der Waals surface area contributed by atoms with E-state index in [1.807, 2.05) is 37.3 Å². The Hall–Kier alpha value is -1.33. The molecule has 1 atom stereocenters. The molecular formula is C12H15BO4. The molecule has 2 rings (SSSR count). The van der Waals surface area contributed by atoms with Crippen molar-refractivity contribution in [3.63, 3.8) is 0 Å². The van der Waals surface area contributed by atoms with Crippen molar-refractivity contribution in [1.29, 1.82) is 0 Å². The highest BCUT2D eigenvalue weighted by molar-refractivity contribution is 6.54. The fourth-order valence-corrected chi connectivity index (χ4v) is 2.26. The third-order valence-electron chi connectivity index (χ3n) is 3.25. The molecule has 0 saturated carbocycles. The SMILES string of the molecule is CCC(B1OCCO1)(C(=O)O)c1ccccc1. The molecule has 17 heavy (non-hydrogen) atoms. The highest BCUT2D eigenvalue weighted by atomic mass is 16.6. The first-order valence-corrected chi connectivity index (χ1v) is 5.74. The van der Waals surface area contributed by atoms with E-state index in [4.69, 9.17) is 9.31 Å². The van der Waals surface area contributed by atoms with Crippen LogP contribution in [-0.2, 0) is 19.4 Å². The lowest BCUT2D eigenvalue weighted by molar-refractivity contribution is -0.141. The van der Waals surface area contributed by atoms with Crippen molar-refractivity contribution in [1.82, 2.24) is 0 Å². The number of hydrogen-bond acceptors (Lipinski definition) is 3. The number of carbonyl (C=O) groups is 1. The Morgan fingerprint density at radius 2 is 1.94 bits per heavy atom. The molecule has 0 spiro atoms. The first-order chi connectivity index (χ1) is 8.21. The zero-order chi connectivity index (χ0) is 12.3. The maximum absolute atomic E-state index is 11.7. The number of carboxylic acid groups (broad SMARTS) is 1. The summed E-state index contributed by atoms with van der Waals surface area (Å²) in [7, 11) is -0.701. The first kappa shape index (κ1) is 12.1. The van der Waals surface area contributed by atoms with Gasteiger partial charge in [-0.1, -0.05) is 37.3 Å². The molecule has 1 aliphatic rings. The van der Waals surface area contributed by atoms with Crippen LogP contribution in [0.15, 0.2) is 30.3 Å². The summed E-state index contributed by atoms with van der Waals surface area (Å²) in [5.74, 6) is -0.905. The van der Waals surface area contributed by atoms with Gasteiger partial charge in [0.1, 0.15) is 5.31 Å². The molecule has 1 aromatic rings. The van der Waals surface area contributed by atoms with Crippen molar-refractivity contribution in [2.75, 3.05) is 13.2 Å². The summed E-state index contributed by atoms with van der Waals surface area (Å²) in [6.07, 6.45) is 0.428. The van der Waals surface area contributed by atoms with Crippen LogP contribution in [0, 0.1) is 0 Å². The predicted molar refractivity (Wildman–Crippen MR) is 63.7 cm³/mol. The molecule has 0 bridgehead atoms. The quantitative estimate of drug-likeness (QED) is 0.802. The van der Waals surface area contributed by atoms with Crippen LogP contribution in [-0.4, -0.2) is 31.4 Å². The highest BCUT2D eigenvalue weighted by Crippen LogP contribution is 2.33. The van der Waals surface area contributed by atoms with Crippen LogP contribution in [0.2, 0.25) is 0 Å². The van der Waals surface area contributed by atoms with Gasteiger partial charge < -0.3 is 14.4 Å². The summed E-state index contributed by atoms with van der Waals surface area (Å²) < 4.78 is 10.8. The number of aliphatic carboxylic acids is 1. The summed E-state index contributed by atoms with van der Waals surface area (Å²) >= 11 is 0. The molecule has 1 saturated heterocycles. The van der Waals surface area contributed by atoms with Crippen LogP contribution in [0.25, 0.3) is 0 Å². The predicted octanol–water partition coefficient (Wildman–Crippen LogP) is 1.49. The summed E-state index contributed by atoms with van der Waals surface area (Å²) in [5, 5.41) is 8.46. The van der Waals surface area contributed by atoms with Crippen LogP contribution >= 0.6 is 0 Å². The molecule has 5 heteroatoms. The van der Waals surface area contributed by atoms with E-state index in [1.165, 1.54) is 0 Å². The summed E-state index contributed by atoms with van der Waals surface area (Å²) in [5.41, 5.74) is 0.724. The second kappa shape index (κ2) is 4.90. The third-order valence-corrected chi connectivity index (χ3v) is 3.25. The zero-order valence-electron chi connectivity index (χ0n) is 9.76. The minimum Gasteiger partial charge on any atom is -0.481 e. The fourth-order valence-electron chi connectivity index (χ4n) is 2.26. The van der Waals surface area contributed by atoms with Gasteiger partial charge in [0.15, 0.2) is 0 Å². The van der Waals surface area contributed by atoms with Crippen molar-refractivity contribution >= 4 is 13.1 Å². The lowest BCUT2D eigenvalue weighted by Gasteiger charge is -2.29. The molecular weight excluding hydrogens is 219 g/mol. The Labute approximate surface area is 101 Å². The van der Waals surface area contributed by atoms with E-state index in [0.29, 0.717) is 19.6 Å². The van der Waals surface area contributed by atoms with E-state index >= 15 is 0 Å². The van der Waals surface area contributed by atoms with Gasteiger partial charge in [-0.3, -0.25) is 4.79 Å². The van der Waals surface area contributed by atoms with Gasteiger partial charge in [0.25, 0.3) is 0 Å². The standard InChI is InChI=1S/C12H15BO4/c1-2-12(11(14)15,13-16-8-9-17-13)10-6-4-3-5-7-10/h3-7H,2,8-9H2,1H3,(H,14,15). The Morgan fingerprint density at radius 3 is 2.41 bits per heavy atom. The fraction of sp³-hybridized carbons (Fsp3) is 0.417. The van der Waals surface area contributed by atoms with Crippen molar-refractivity contribution < 1.29 is 19.2 Å². The topological polar surface area (TPSA) is 55.8 Å². The van der Waals surface area contributed by atoms with E-state index in [0.717, 1.165) is 5.56 Å². The zero-order valence-corrected chi connectivity index (χ0v) is 9.76. The van der Waals surface area contributed by atoms with Gasteiger partial charge in [0, 0.05) is 0 Å². The Bertz CT molecular complexity index is 389. The van der Waals surface area contributed by atoms with E-state index in [2.05, 4.69) is 0 Å². The van der Waals surface area contributed by atoms with Crippen LogP contribution in [0.1, 0.15) is 18.9 Å². The number of benzene rings is 1.